The zero-order valence-electron chi connectivity index (χ0n) is 13.3. The van der Waals surface area contributed by atoms with Gasteiger partial charge in [0.05, 0.1) is 11.5 Å². The van der Waals surface area contributed by atoms with E-state index >= 15 is 0 Å². The monoisotopic (exact) mass is 327 g/mol. The number of amides is 1. The van der Waals surface area contributed by atoms with E-state index in [9.17, 15) is 19.7 Å². The Morgan fingerprint density at radius 2 is 1.79 bits per heavy atom. The maximum Gasteiger partial charge on any atom is 0.293 e. The number of rotatable bonds is 6. The molecule has 0 bridgehead atoms. The van der Waals surface area contributed by atoms with Crippen molar-refractivity contribution >= 4 is 28.8 Å². The summed E-state index contributed by atoms with van der Waals surface area (Å²) in [6, 6.07) is 11.3. The number of hydrogen-bond acceptors (Lipinski definition) is 5. The van der Waals surface area contributed by atoms with Crippen molar-refractivity contribution in [2.75, 3.05) is 17.2 Å². The number of benzene rings is 2. The first-order valence-electron chi connectivity index (χ1n) is 7.26. The average molecular weight is 327 g/mol. The van der Waals surface area contributed by atoms with Crippen molar-refractivity contribution in [2.24, 2.45) is 0 Å². The third kappa shape index (κ3) is 4.39. The van der Waals surface area contributed by atoms with Crippen LogP contribution in [0.4, 0.5) is 17.1 Å². The predicted octanol–water partition coefficient (Wildman–Crippen LogP) is 3.16. The van der Waals surface area contributed by atoms with Crippen LogP contribution in [-0.2, 0) is 4.79 Å². The second kappa shape index (κ2) is 7.36. The third-order valence-electron chi connectivity index (χ3n) is 3.37. The van der Waals surface area contributed by atoms with Crippen molar-refractivity contribution in [3.05, 3.63) is 63.7 Å². The summed E-state index contributed by atoms with van der Waals surface area (Å²) in [6.07, 6.45) is 0. The van der Waals surface area contributed by atoms with E-state index in [1.165, 1.54) is 19.1 Å². The minimum Gasteiger partial charge on any atom is -0.376 e. The molecule has 0 aliphatic rings. The highest BCUT2D eigenvalue weighted by molar-refractivity contribution is 5.96. The molecule has 0 fully saturated rings. The molecule has 0 aromatic heterocycles. The lowest BCUT2D eigenvalue weighted by Gasteiger charge is -2.09. The molecule has 0 heterocycles. The lowest BCUT2D eigenvalue weighted by atomic mass is 10.1. The number of nitrogens with one attached hydrogen (secondary N) is 2. The Hall–Kier alpha value is -3.22. The Kier molecular flexibility index (Phi) is 5.26. The molecule has 2 aromatic rings. The van der Waals surface area contributed by atoms with Crippen molar-refractivity contribution in [1.29, 1.82) is 0 Å². The molecule has 7 nitrogen and oxygen atoms in total. The summed E-state index contributed by atoms with van der Waals surface area (Å²) >= 11 is 0. The van der Waals surface area contributed by atoms with Gasteiger partial charge >= 0.3 is 0 Å². The number of carbonyl (C=O) groups excluding carboxylic acids is 2. The average Bonchev–Trinajstić information content (AvgIpc) is 2.54. The fraction of sp³-hybridized carbons (Fsp3) is 0.176. The maximum atomic E-state index is 12.0. The fourth-order valence-electron chi connectivity index (χ4n) is 2.10. The van der Waals surface area contributed by atoms with Gasteiger partial charge in [-0.15, -0.1) is 0 Å². The standard InChI is InChI=1S/C17H17N3O4/c1-11-3-8-15(16(9-11)20(23)24)19-17(22)10-18-14-6-4-13(5-7-14)12(2)21/h3-9,18H,10H2,1-2H3,(H,19,22). The lowest BCUT2D eigenvalue weighted by Crippen LogP contribution is -2.22. The van der Waals surface area contributed by atoms with Crippen LogP contribution in [-0.4, -0.2) is 23.2 Å². The predicted molar refractivity (Wildman–Crippen MR) is 91.4 cm³/mol. The summed E-state index contributed by atoms with van der Waals surface area (Å²) in [5.41, 5.74) is 2.01. The minimum atomic E-state index is -0.531. The molecule has 0 saturated carbocycles. The Morgan fingerprint density at radius 1 is 1.12 bits per heavy atom. The van der Waals surface area contributed by atoms with Crippen LogP contribution in [0, 0.1) is 17.0 Å². The summed E-state index contributed by atoms with van der Waals surface area (Å²) in [6.45, 7) is 3.17. The van der Waals surface area contributed by atoms with Crippen LogP contribution in [0.3, 0.4) is 0 Å². The van der Waals surface area contributed by atoms with Crippen molar-refractivity contribution < 1.29 is 14.5 Å². The highest BCUT2D eigenvalue weighted by Gasteiger charge is 2.15. The first-order valence-corrected chi connectivity index (χ1v) is 7.26. The van der Waals surface area contributed by atoms with Crippen molar-refractivity contribution in [3.63, 3.8) is 0 Å². The molecular weight excluding hydrogens is 310 g/mol. The van der Waals surface area contributed by atoms with Gasteiger partial charge in [0.2, 0.25) is 5.91 Å². The van der Waals surface area contributed by atoms with E-state index in [0.717, 1.165) is 5.56 Å². The molecule has 2 N–H and O–H groups in total. The number of nitro groups is 1. The number of aryl methyl sites for hydroxylation is 1. The Balaban J connectivity index is 1.99. The van der Waals surface area contributed by atoms with Gasteiger partial charge in [0, 0.05) is 17.3 Å². The summed E-state index contributed by atoms with van der Waals surface area (Å²) in [5.74, 6) is -0.441. The van der Waals surface area contributed by atoms with Gasteiger partial charge < -0.3 is 10.6 Å². The molecular formula is C17H17N3O4. The zero-order valence-corrected chi connectivity index (χ0v) is 13.3. The second-order valence-electron chi connectivity index (χ2n) is 5.31. The van der Waals surface area contributed by atoms with Gasteiger partial charge in [-0.3, -0.25) is 19.7 Å². The Morgan fingerprint density at radius 3 is 2.38 bits per heavy atom. The molecule has 124 valence electrons. The first kappa shape index (κ1) is 17.1. The van der Waals surface area contributed by atoms with E-state index in [1.54, 1.807) is 37.3 Å². The fourth-order valence-corrected chi connectivity index (χ4v) is 2.10. The van der Waals surface area contributed by atoms with Crippen LogP contribution in [0.25, 0.3) is 0 Å². The smallest absolute Gasteiger partial charge is 0.293 e. The Bertz CT molecular complexity index is 785. The van der Waals surface area contributed by atoms with E-state index in [-0.39, 0.29) is 23.7 Å². The van der Waals surface area contributed by atoms with E-state index < -0.39 is 10.8 Å². The molecule has 0 atom stereocenters. The molecule has 7 heteroatoms. The van der Waals surface area contributed by atoms with Crippen molar-refractivity contribution in [3.8, 4) is 0 Å². The Labute approximate surface area is 138 Å². The first-order chi connectivity index (χ1) is 11.4. The normalized spacial score (nSPS) is 10.1. The van der Waals surface area contributed by atoms with E-state index in [4.69, 9.17) is 0 Å². The quantitative estimate of drug-likeness (QED) is 0.482. The van der Waals surface area contributed by atoms with Crippen LogP contribution >= 0.6 is 0 Å². The molecule has 1 amide bonds. The number of nitrogens with zero attached hydrogens (tertiary/aromatic N) is 1. The summed E-state index contributed by atoms with van der Waals surface area (Å²) in [4.78, 5) is 33.7. The summed E-state index contributed by atoms with van der Waals surface area (Å²) in [5, 5.41) is 16.5. The lowest BCUT2D eigenvalue weighted by molar-refractivity contribution is -0.384. The van der Waals surface area contributed by atoms with Crippen molar-refractivity contribution in [1.82, 2.24) is 0 Å². The van der Waals surface area contributed by atoms with Crippen LogP contribution in [0.5, 0.6) is 0 Å². The largest absolute Gasteiger partial charge is 0.376 e. The molecule has 0 aliphatic heterocycles. The molecule has 0 spiro atoms. The molecule has 0 unspecified atom stereocenters. The number of nitro benzene ring substituents is 1. The highest BCUT2D eigenvalue weighted by atomic mass is 16.6. The number of carbonyl (C=O) groups is 2. The third-order valence-corrected chi connectivity index (χ3v) is 3.37. The summed E-state index contributed by atoms with van der Waals surface area (Å²) < 4.78 is 0. The van der Waals surface area contributed by atoms with Gasteiger partial charge in [-0.1, -0.05) is 6.07 Å². The van der Waals surface area contributed by atoms with Gasteiger partial charge in [0.1, 0.15) is 5.69 Å². The molecule has 0 radical (unpaired) electrons. The van der Waals surface area contributed by atoms with Gasteiger partial charge in [-0.05, 0) is 49.7 Å². The number of hydrogen-bond donors (Lipinski definition) is 2. The van der Waals surface area contributed by atoms with Gasteiger partial charge in [0.15, 0.2) is 5.78 Å². The molecule has 2 rings (SSSR count). The van der Waals surface area contributed by atoms with E-state index in [1.807, 2.05) is 0 Å². The topological polar surface area (TPSA) is 101 Å². The maximum absolute atomic E-state index is 12.0. The summed E-state index contributed by atoms with van der Waals surface area (Å²) in [7, 11) is 0. The highest BCUT2D eigenvalue weighted by Crippen LogP contribution is 2.25. The van der Waals surface area contributed by atoms with Crippen LogP contribution < -0.4 is 10.6 Å². The van der Waals surface area contributed by atoms with Crippen LogP contribution in [0.15, 0.2) is 42.5 Å². The number of ketones is 1. The SMILES string of the molecule is CC(=O)c1ccc(NCC(=O)Nc2ccc(C)cc2[N+](=O)[O-])cc1. The molecule has 24 heavy (non-hydrogen) atoms. The van der Waals surface area contributed by atoms with E-state index in [0.29, 0.717) is 11.3 Å². The number of anilines is 2. The molecule has 2 aromatic carbocycles. The van der Waals surface area contributed by atoms with E-state index in [2.05, 4.69) is 10.6 Å². The molecule has 0 saturated heterocycles. The van der Waals surface area contributed by atoms with Crippen molar-refractivity contribution in [2.45, 2.75) is 13.8 Å². The zero-order chi connectivity index (χ0) is 17.7. The molecule has 0 aliphatic carbocycles. The van der Waals surface area contributed by atoms with Gasteiger partial charge in [0.25, 0.3) is 5.69 Å². The van der Waals surface area contributed by atoms with Gasteiger partial charge in [-0.2, -0.15) is 0 Å². The van der Waals surface area contributed by atoms with Crippen LogP contribution in [0.2, 0.25) is 0 Å². The van der Waals surface area contributed by atoms with Gasteiger partial charge in [-0.25, -0.2) is 0 Å². The second-order valence-corrected chi connectivity index (χ2v) is 5.31. The minimum absolute atomic E-state index is 0.0361. The van der Waals surface area contributed by atoms with Crippen LogP contribution in [0.1, 0.15) is 22.8 Å². The number of Topliss-reactive ketones (excluding diaryl/α,β-unsaturated/α-hetero) is 1.